The zero-order valence-electron chi connectivity index (χ0n) is 22.9. The van der Waals surface area contributed by atoms with Gasteiger partial charge in [-0.05, 0) is 48.2 Å². The Hall–Kier alpha value is -4.09. The van der Waals surface area contributed by atoms with E-state index >= 15 is 0 Å². The van der Waals surface area contributed by atoms with Crippen LogP contribution in [0.4, 0.5) is 15.2 Å². The van der Waals surface area contributed by atoms with Gasteiger partial charge in [0.2, 0.25) is 0 Å². The number of nitrogens with one attached hydrogen (secondary N) is 1. The number of aromatic nitrogens is 5. The van der Waals surface area contributed by atoms with Crippen molar-refractivity contribution in [3.05, 3.63) is 76.9 Å². The summed E-state index contributed by atoms with van der Waals surface area (Å²) in [6, 6.07) is 9.94. The van der Waals surface area contributed by atoms with Crippen LogP contribution in [0.15, 0.2) is 54.4 Å². The molecule has 1 fully saturated rings. The zero-order chi connectivity index (χ0) is 28.1. The molecule has 1 amide bonds. The van der Waals surface area contributed by atoms with Gasteiger partial charge in [-0.1, -0.05) is 18.2 Å². The first-order valence-electron chi connectivity index (χ1n) is 13.8. The Labute approximate surface area is 240 Å². The summed E-state index contributed by atoms with van der Waals surface area (Å²) in [5, 5.41) is 11.1. The number of hydrogen-bond acceptors (Lipinski definition) is 7. The molecule has 2 aromatic carbocycles. The van der Waals surface area contributed by atoms with E-state index in [1.54, 1.807) is 27.2 Å². The lowest BCUT2D eigenvalue weighted by Gasteiger charge is -2.29. The fraction of sp³-hybridized carbons (Fsp3) is 0.333. The normalized spacial score (nSPS) is 17.6. The van der Waals surface area contributed by atoms with Gasteiger partial charge in [-0.2, -0.15) is 5.10 Å². The highest BCUT2D eigenvalue weighted by atomic mass is 32.1. The van der Waals surface area contributed by atoms with Crippen molar-refractivity contribution in [3.63, 3.8) is 0 Å². The molecule has 210 valence electrons. The van der Waals surface area contributed by atoms with Crippen molar-refractivity contribution in [3.8, 4) is 11.1 Å². The Morgan fingerprint density at radius 2 is 1.98 bits per heavy atom. The second-order valence-electron chi connectivity index (χ2n) is 10.6. The Kier molecular flexibility index (Phi) is 6.55. The number of carbonyl (C=O) groups is 1. The Balaban J connectivity index is 1.28. The van der Waals surface area contributed by atoms with Crippen molar-refractivity contribution in [2.24, 2.45) is 0 Å². The third kappa shape index (κ3) is 4.68. The predicted octanol–water partition coefficient (Wildman–Crippen LogP) is 4.93. The molecule has 5 aromatic rings. The highest BCUT2D eigenvalue weighted by molar-refractivity contribution is 7.13. The molecule has 7 rings (SSSR count). The number of ether oxygens (including phenoxy) is 1. The van der Waals surface area contributed by atoms with Gasteiger partial charge in [0.1, 0.15) is 6.17 Å². The maximum Gasteiger partial charge on any atom is 0.257 e. The molecular formula is C30H30FN7O2S. The van der Waals surface area contributed by atoms with Crippen LogP contribution >= 0.6 is 11.3 Å². The molecule has 9 nitrogen and oxygen atoms in total. The van der Waals surface area contributed by atoms with Gasteiger partial charge in [-0.25, -0.2) is 14.4 Å². The fourth-order valence-electron chi connectivity index (χ4n) is 5.94. The SMILES string of the molecule is Cc1cc(-c2ccc(N3CCOCC3)cc2)c(C)c2nn(C(C(=O)Nc3nccs3)c3ncn4c3C[C@@H](F)C4)cc12. The van der Waals surface area contributed by atoms with Gasteiger partial charge >= 0.3 is 0 Å². The number of rotatable bonds is 6. The van der Waals surface area contributed by atoms with Gasteiger partial charge in [-0.3, -0.25) is 14.8 Å². The largest absolute Gasteiger partial charge is 0.378 e. The maximum atomic E-state index is 14.3. The molecule has 1 saturated heterocycles. The standard InChI is InChI=1S/C30H30FN7O2S/c1-18-13-23(20-3-5-22(6-4-20)36-8-10-40-11-9-36)19(2)26-24(18)16-38(35-26)28(29(39)34-30-32-7-12-41-30)27-25-14-21(31)15-37(25)17-33-27/h3-7,12-13,16-17,21,28H,8-11,14-15H2,1-2H3,(H,32,34,39)/t21-,28?/m1/s1. The lowest BCUT2D eigenvalue weighted by atomic mass is 9.95. The molecule has 0 aliphatic carbocycles. The summed E-state index contributed by atoms with van der Waals surface area (Å²) in [5.74, 6) is -0.314. The third-order valence-electron chi connectivity index (χ3n) is 8.05. The van der Waals surface area contributed by atoms with E-state index in [1.165, 1.54) is 17.0 Å². The maximum absolute atomic E-state index is 14.3. The van der Waals surface area contributed by atoms with Gasteiger partial charge in [0.05, 0.1) is 37.3 Å². The molecular weight excluding hydrogens is 541 g/mol. The Bertz CT molecular complexity index is 1720. The van der Waals surface area contributed by atoms with E-state index < -0.39 is 12.2 Å². The number of thiazole rings is 1. The van der Waals surface area contributed by atoms with Crippen molar-refractivity contribution >= 4 is 39.0 Å². The molecule has 2 aliphatic heterocycles. The van der Waals surface area contributed by atoms with Crippen LogP contribution < -0.4 is 10.2 Å². The summed E-state index contributed by atoms with van der Waals surface area (Å²) in [6.45, 7) is 7.66. The Morgan fingerprint density at radius 3 is 2.73 bits per heavy atom. The van der Waals surface area contributed by atoms with Crippen LogP contribution in [0.5, 0.6) is 0 Å². The van der Waals surface area contributed by atoms with Crippen LogP contribution in [0.3, 0.4) is 0 Å². The Morgan fingerprint density at radius 1 is 1.17 bits per heavy atom. The number of fused-ring (bicyclic) bond motifs is 2. The van der Waals surface area contributed by atoms with E-state index in [-0.39, 0.29) is 18.9 Å². The number of alkyl halides is 1. The van der Waals surface area contributed by atoms with E-state index in [4.69, 9.17) is 9.84 Å². The average molecular weight is 572 g/mol. The van der Waals surface area contributed by atoms with Crippen LogP contribution in [0, 0.1) is 13.8 Å². The summed E-state index contributed by atoms with van der Waals surface area (Å²) in [6.07, 6.45) is 4.39. The summed E-state index contributed by atoms with van der Waals surface area (Å²) in [7, 11) is 0. The average Bonchev–Trinajstić information content (AvgIpc) is 3.78. The number of halogens is 1. The number of aryl methyl sites for hydroxylation is 2. The second kappa shape index (κ2) is 10.4. The summed E-state index contributed by atoms with van der Waals surface area (Å²) < 4.78 is 23.3. The molecule has 0 radical (unpaired) electrons. The first-order chi connectivity index (χ1) is 20.0. The molecule has 41 heavy (non-hydrogen) atoms. The molecule has 1 N–H and O–H groups in total. The van der Waals surface area contributed by atoms with Crippen molar-refractivity contribution in [2.75, 3.05) is 36.5 Å². The molecule has 1 unspecified atom stereocenters. The highest BCUT2D eigenvalue weighted by Gasteiger charge is 2.34. The summed E-state index contributed by atoms with van der Waals surface area (Å²) in [5.41, 5.74) is 7.55. The van der Waals surface area contributed by atoms with Crippen LogP contribution in [-0.2, 0) is 22.5 Å². The van der Waals surface area contributed by atoms with E-state index in [2.05, 4.69) is 64.4 Å². The van der Waals surface area contributed by atoms with Gasteiger partial charge in [0.25, 0.3) is 5.91 Å². The minimum Gasteiger partial charge on any atom is -0.378 e. The molecule has 5 heterocycles. The number of hydrogen-bond donors (Lipinski definition) is 1. The molecule has 3 aromatic heterocycles. The topological polar surface area (TPSA) is 90.1 Å². The lowest BCUT2D eigenvalue weighted by molar-refractivity contribution is -0.118. The van der Waals surface area contributed by atoms with Gasteiger partial charge in [0.15, 0.2) is 11.2 Å². The lowest BCUT2D eigenvalue weighted by Crippen LogP contribution is -2.36. The molecule has 2 atom stereocenters. The number of nitrogens with zero attached hydrogens (tertiary/aromatic N) is 6. The number of morpholine rings is 1. The predicted molar refractivity (Wildman–Crippen MR) is 157 cm³/mol. The minimum absolute atomic E-state index is 0.222. The van der Waals surface area contributed by atoms with Crippen molar-refractivity contribution in [1.29, 1.82) is 0 Å². The molecule has 0 bridgehead atoms. The molecule has 0 spiro atoms. The summed E-state index contributed by atoms with van der Waals surface area (Å²) >= 11 is 1.34. The minimum atomic E-state index is -0.993. The third-order valence-corrected chi connectivity index (χ3v) is 8.74. The second-order valence-corrected chi connectivity index (χ2v) is 11.5. The smallest absolute Gasteiger partial charge is 0.257 e. The van der Waals surface area contributed by atoms with Gasteiger partial charge in [-0.15, -0.1) is 11.3 Å². The highest BCUT2D eigenvalue weighted by Crippen LogP contribution is 2.35. The van der Waals surface area contributed by atoms with E-state index in [1.807, 2.05) is 6.20 Å². The van der Waals surface area contributed by atoms with E-state index in [0.717, 1.165) is 65.2 Å². The monoisotopic (exact) mass is 571 g/mol. The first-order valence-corrected chi connectivity index (χ1v) is 14.6. The van der Waals surface area contributed by atoms with Crippen molar-refractivity contribution in [1.82, 2.24) is 24.3 Å². The van der Waals surface area contributed by atoms with E-state index in [9.17, 15) is 9.18 Å². The number of anilines is 2. The van der Waals surface area contributed by atoms with Crippen LogP contribution in [0.1, 0.15) is 28.6 Å². The van der Waals surface area contributed by atoms with E-state index in [0.29, 0.717) is 10.8 Å². The van der Waals surface area contributed by atoms with Gasteiger partial charge in [0, 0.05) is 54.1 Å². The number of amides is 1. The van der Waals surface area contributed by atoms with Crippen LogP contribution in [-0.4, -0.2) is 62.7 Å². The number of imidazole rings is 1. The molecule has 11 heteroatoms. The molecule has 2 aliphatic rings. The molecule has 0 saturated carbocycles. The number of carbonyl (C=O) groups excluding carboxylic acids is 1. The summed E-state index contributed by atoms with van der Waals surface area (Å²) in [4.78, 5) is 24.9. The van der Waals surface area contributed by atoms with Crippen molar-refractivity contribution in [2.45, 2.75) is 39.0 Å². The van der Waals surface area contributed by atoms with Crippen molar-refractivity contribution < 1.29 is 13.9 Å². The van der Waals surface area contributed by atoms with Gasteiger partial charge < -0.3 is 14.2 Å². The van der Waals surface area contributed by atoms with Crippen LogP contribution in [0.2, 0.25) is 0 Å². The number of benzene rings is 2. The first kappa shape index (κ1) is 25.8. The van der Waals surface area contributed by atoms with Crippen LogP contribution in [0.25, 0.3) is 22.0 Å². The fourth-order valence-corrected chi connectivity index (χ4v) is 6.47. The quantitative estimate of drug-likeness (QED) is 0.311. The zero-order valence-corrected chi connectivity index (χ0v) is 23.7.